The summed E-state index contributed by atoms with van der Waals surface area (Å²) >= 11 is 0. The Morgan fingerprint density at radius 1 is 1.13 bits per heavy atom. The number of benzene rings is 1. The highest BCUT2D eigenvalue weighted by Crippen LogP contribution is 2.23. The standard InChI is InChI=1S/C12H10FNO/c1-15-11-7-10(8-14-12(11)13)9-5-3-2-4-6-9/h2-8H,1H3. The molecule has 2 aromatic rings. The van der Waals surface area contributed by atoms with Gasteiger partial charge in [0.2, 0.25) is 0 Å². The van der Waals surface area contributed by atoms with Crippen LogP contribution in [0.3, 0.4) is 0 Å². The number of aromatic nitrogens is 1. The number of pyridine rings is 1. The average molecular weight is 203 g/mol. The highest BCUT2D eigenvalue weighted by molar-refractivity contribution is 5.63. The Labute approximate surface area is 87.4 Å². The number of hydrogen-bond donors (Lipinski definition) is 0. The van der Waals surface area contributed by atoms with Gasteiger partial charge in [0.25, 0.3) is 5.95 Å². The van der Waals surface area contributed by atoms with Crippen molar-refractivity contribution >= 4 is 0 Å². The summed E-state index contributed by atoms with van der Waals surface area (Å²) in [7, 11) is 1.43. The second-order valence-corrected chi connectivity index (χ2v) is 3.08. The van der Waals surface area contributed by atoms with E-state index in [0.29, 0.717) is 0 Å². The first-order valence-corrected chi connectivity index (χ1v) is 4.56. The summed E-state index contributed by atoms with van der Waals surface area (Å²) in [6.07, 6.45) is 1.49. The monoisotopic (exact) mass is 203 g/mol. The lowest BCUT2D eigenvalue weighted by Gasteiger charge is -2.04. The summed E-state index contributed by atoms with van der Waals surface area (Å²) in [5, 5.41) is 0. The van der Waals surface area contributed by atoms with Crippen LogP contribution in [0, 0.1) is 5.95 Å². The van der Waals surface area contributed by atoms with Crippen LogP contribution in [0.5, 0.6) is 5.75 Å². The van der Waals surface area contributed by atoms with E-state index in [2.05, 4.69) is 4.98 Å². The fraction of sp³-hybridized carbons (Fsp3) is 0.0833. The van der Waals surface area contributed by atoms with Gasteiger partial charge in [0.15, 0.2) is 5.75 Å². The van der Waals surface area contributed by atoms with Gasteiger partial charge in [-0.05, 0) is 11.6 Å². The molecular weight excluding hydrogens is 193 g/mol. The van der Waals surface area contributed by atoms with Gasteiger partial charge in [0.05, 0.1) is 7.11 Å². The molecule has 76 valence electrons. The van der Waals surface area contributed by atoms with Gasteiger partial charge < -0.3 is 4.74 Å². The zero-order chi connectivity index (χ0) is 10.7. The van der Waals surface area contributed by atoms with Crippen molar-refractivity contribution < 1.29 is 9.13 Å². The van der Waals surface area contributed by atoms with E-state index in [9.17, 15) is 4.39 Å². The Balaban J connectivity index is 2.46. The van der Waals surface area contributed by atoms with E-state index in [0.717, 1.165) is 11.1 Å². The lowest BCUT2D eigenvalue weighted by Crippen LogP contribution is -1.92. The van der Waals surface area contributed by atoms with Gasteiger partial charge in [-0.3, -0.25) is 0 Å². The van der Waals surface area contributed by atoms with Crippen molar-refractivity contribution in [2.24, 2.45) is 0 Å². The van der Waals surface area contributed by atoms with Crippen LogP contribution in [0.2, 0.25) is 0 Å². The smallest absolute Gasteiger partial charge is 0.255 e. The summed E-state index contributed by atoms with van der Waals surface area (Å²) in [5.41, 5.74) is 1.83. The van der Waals surface area contributed by atoms with Crippen LogP contribution >= 0.6 is 0 Å². The lowest BCUT2D eigenvalue weighted by atomic mass is 10.1. The van der Waals surface area contributed by atoms with Gasteiger partial charge in [-0.15, -0.1) is 0 Å². The van der Waals surface area contributed by atoms with Gasteiger partial charge in [-0.25, -0.2) is 4.98 Å². The number of ether oxygens (including phenoxy) is 1. The molecule has 15 heavy (non-hydrogen) atoms. The number of hydrogen-bond acceptors (Lipinski definition) is 2. The van der Waals surface area contributed by atoms with Crippen LogP contribution in [0.4, 0.5) is 4.39 Å². The molecule has 0 bridgehead atoms. The molecule has 2 rings (SSSR count). The largest absolute Gasteiger partial charge is 0.492 e. The van der Waals surface area contributed by atoms with Crippen molar-refractivity contribution in [2.45, 2.75) is 0 Å². The van der Waals surface area contributed by atoms with Crippen molar-refractivity contribution in [3.05, 3.63) is 48.5 Å². The molecule has 0 radical (unpaired) electrons. The molecule has 0 aliphatic carbocycles. The predicted octanol–water partition coefficient (Wildman–Crippen LogP) is 2.90. The molecule has 3 heteroatoms. The molecule has 0 spiro atoms. The van der Waals surface area contributed by atoms with E-state index in [1.807, 2.05) is 30.3 Å². The van der Waals surface area contributed by atoms with E-state index in [1.54, 1.807) is 6.07 Å². The minimum absolute atomic E-state index is 0.163. The molecule has 0 N–H and O–H groups in total. The third kappa shape index (κ3) is 1.96. The molecule has 0 amide bonds. The van der Waals surface area contributed by atoms with Gasteiger partial charge >= 0.3 is 0 Å². The molecule has 1 aromatic heterocycles. The molecule has 0 aliphatic heterocycles. The molecule has 0 atom stereocenters. The minimum atomic E-state index is -0.586. The first-order chi connectivity index (χ1) is 7.31. The van der Waals surface area contributed by atoms with Crippen LogP contribution in [0.15, 0.2) is 42.6 Å². The second kappa shape index (κ2) is 4.09. The van der Waals surface area contributed by atoms with Crippen molar-refractivity contribution in [3.8, 4) is 16.9 Å². The summed E-state index contributed by atoms with van der Waals surface area (Å²) in [6.45, 7) is 0. The van der Waals surface area contributed by atoms with E-state index in [1.165, 1.54) is 13.3 Å². The third-order valence-electron chi connectivity index (χ3n) is 2.13. The molecule has 1 aromatic carbocycles. The third-order valence-corrected chi connectivity index (χ3v) is 2.13. The summed E-state index contributed by atoms with van der Waals surface area (Å²) < 4.78 is 17.9. The first kappa shape index (κ1) is 9.65. The number of rotatable bonds is 2. The SMILES string of the molecule is COc1cc(-c2ccccc2)cnc1F. The molecule has 0 aliphatic rings. The van der Waals surface area contributed by atoms with Gasteiger partial charge in [0.1, 0.15) is 0 Å². The average Bonchev–Trinajstić information content (AvgIpc) is 2.31. The first-order valence-electron chi connectivity index (χ1n) is 4.56. The Morgan fingerprint density at radius 2 is 1.87 bits per heavy atom. The molecule has 0 fully saturated rings. The Morgan fingerprint density at radius 3 is 2.53 bits per heavy atom. The van der Waals surface area contributed by atoms with Crippen molar-refractivity contribution in [1.82, 2.24) is 4.98 Å². The van der Waals surface area contributed by atoms with Crippen LogP contribution in [-0.2, 0) is 0 Å². The lowest BCUT2D eigenvalue weighted by molar-refractivity contribution is 0.378. The maximum Gasteiger partial charge on any atom is 0.255 e. The predicted molar refractivity (Wildman–Crippen MR) is 56.2 cm³/mol. The number of halogens is 1. The zero-order valence-electron chi connectivity index (χ0n) is 8.27. The maximum absolute atomic E-state index is 13.0. The molecule has 0 saturated heterocycles. The summed E-state index contributed by atoms with van der Waals surface area (Å²) in [5.74, 6) is -0.423. The molecule has 1 heterocycles. The van der Waals surface area contributed by atoms with Crippen LogP contribution in [-0.4, -0.2) is 12.1 Å². The number of nitrogens with zero attached hydrogens (tertiary/aromatic N) is 1. The zero-order valence-corrected chi connectivity index (χ0v) is 8.27. The minimum Gasteiger partial charge on any atom is -0.492 e. The van der Waals surface area contributed by atoms with Crippen molar-refractivity contribution in [1.29, 1.82) is 0 Å². The van der Waals surface area contributed by atoms with E-state index in [-0.39, 0.29) is 5.75 Å². The highest BCUT2D eigenvalue weighted by Gasteiger charge is 2.05. The molecule has 2 nitrogen and oxygen atoms in total. The van der Waals surface area contributed by atoms with Gasteiger partial charge in [0, 0.05) is 11.8 Å². The Hall–Kier alpha value is -1.90. The van der Waals surface area contributed by atoms with Crippen molar-refractivity contribution in [3.63, 3.8) is 0 Å². The van der Waals surface area contributed by atoms with Gasteiger partial charge in [-0.1, -0.05) is 30.3 Å². The van der Waals surface area contributed by atoms with E-state index >= 15 is 0 Å². The maximum atomic E-state index is 13.0. The van der Waals surface area contributed by atoms with Crippen LogP contribution in [0.25, 0.3) is 11.1 Å². The number of methoxy groups -OCH3 is 1. The van der Waals surface area contributed by atoms with Crippen LogP contribution < -0.4 is 4.74 Å². The fourth-order valence-electron chi connectivity index (χ4n) is 1.36. The fourth-order valence-corrected chi connectivity index (χ4v) is 1.36. The van der Waals surface area contributed by atoms with Crippen LogP contribution in [0.1, 0.15) is 0 Å². The molecule has 0 saturated carbocycles. The highest BCUT2D eigenvalue weighted by atomic mass is 19.1. The molecular formula is C12H10FNO. The normalized spacial score (nSPS) is 10.0. The van der Waals surface area contributed by atoms with Gasteiger partial charge in [-0.2, -0.15) is 4.39 Å². The Bertz CT molecular complexity index is 456. The van der Waals surface area contributed by atoms with Crippen molar-refractivity contribution in [2.75, 3.05) is 7.11 Å². The second-order valence-electron chi connectivity index (χ2n) is 3.08. The summed E-state index contributed by atoms with van der Waals surface area (Å²) in [6, 6.07) is 11.3. The van der Waals surface area contributed by atoms with E-state index < -0.39 is 5.95 Å². The van der Waals surface area contributed by atoms with E-state index in [4.69, 9.17) is 4.74 Å². The Kier molecular flexibility index (Phi) is 2.63. The topological polar surface area (TPSA) is 22.1 Å². The quantitative estimate of drug-likeness (QED) is 0.700. The molecule has 0 unspecified atom stereocenters. The summed E-state index contributed by atoms with van der Waals surface area (Å²) in [4.78, 5) is 3.63.